The number of anilines is 1. The van der Waals surface area contributed by atoms with Crippen LogP contribution in [0.3, 0.4) is 0 Å². The lowest BCUT2D eigenvalue weighted by Gasteiger charge is -2.31. The quantitative estimate of drug-likeness (QED) is 0.731. The highest BCUT2D eigenvalue weighted by Crippen LogP contribution is 2.21. The molecule has 1 aromatic carbocycles. The number of piperidine rings is 1. The van der Waals surface area contributed by atoms with Crippen molar-refractivity contribution in [3.63, 3.8) is 0 Å². The van der Waals surface area contributed by atoms with Gasteiger partial charge in [-0.05, 0) is 73.1 Å². The Bertz CT molecular complexity index is 542. The first-order valence-electron chi connectivity index (χ1n) is 6.69. The van der Waals surface area contributed by atoms with Crippen LogP contribution in [0.4, 0.5) is 5.69 Å². The lowest BCUT2D eigenvalue weighted by molar-refractivity contribution is 0.272. The zero-order valence-corrected chi connectivity index (χ0v) is 14.4. The monoisotopic (exact) mass is 409 g/mol. The van der Waals surface area contributed by atoms with Gasteiger partial charge in [0.25, 0.3) is 0 Å². The number of nitrogens with one attached hydrogen (secondary N) is 2. The predicted molar refractivity (Wildman–Crippen MR) is 89.9 cm³/mol. The number of nitrogens with zero attached hydrogens (tertiary/aromatic N) is 1. The Morgan fingerprint density at radius 2 is 2.05 bits per heavy atom. The van der Waals surface area contributed by atoms with Crippen LogP contribution in [0.25, 0.3) is 0 Å². The van der Waals surface area contributed by atoms with Crippen LogP contribution in [0.2, 0.25) is 0 Å². The summed E-state index contributed by atoms with van der Waals surface area (Å²) in [6.07, 6.45) is 1.82. The van der Waals surface area contributed by atoms with Crippen LogP contribution in [0.15, 0.2) is 24.3 Å². The zero-order valence-electron chi connectivity index (χ0n) is 11.5. The zero-order chi connectivity index (χ0) is 14.6. The van der Waals surface area contributed by atoms with Crippen molar-refractivity contribution in [2.75, 3.05) is 31.4 Å². The second-order valence-electron chi connectivity index (χ2n) is 5.02. The number of rotatable bonds is 5. The summed E-state index contributed by atoms with van der Waals surface area (Å²) in [5.74, 6) is 0.573. The van der Waals surface area contributed by atoms with Gasteiger partial charge in [0.1, 0.15) is 0 Å². The summed E-state index contributed by atoms with van der Waals surface area (Å²) < 4.78 is 29.9. The van der Waals surface area contributed by atoms with Crippen LogP contribution in [0, 0.1) is 9.49 Å². The van der Waals surface area contributed by atoms with Crippen molar-refractivity contribution in [2.24, 2.45) is 5.92 Å². The SMILES string of the molecule is CNCC1CCN(S(=O)(=O)Nc2cccc(I)c2)CC1. The van der Waals surface area contributed by atoms with Gasteiger partial charge in [0.2, 0.25) is 0 Å². The van der Waals surface area contributed by atoms with E-state index in [0.29, 0.717) is 24.7 Å². The van der Waals surface area contributed by atoms with Crippen LogP contribution in [0.5, 0.6) is 0 Å². The molecule has 0 unspecified atom stereocenters. The first kappa shape index (κ1) is 16.0. The third-order valence-corrected chi connectivity index (χ3v) is 5.69. The average molecular weight is 409 g/mol. The van der Waals surface area contributed by atoms with Crippen molar-refractivity contribution in [1.29, 1.82) is 0 Å². The van der Waals surface area contributed by atoms with E-state index in [1.165, 1.54) is 0 Å². The number of hydrogen-bond donors (Lipinski definition) is 2. The fraction of sp³-hybridized carbons (Fsp3) is 0.538. The molecule has 0 amide bonds. The molecule has 0 aromatic heterocycles. The maximum absolute atomic E-state index is 12.3. The van der Waals surface area contributed by atoms with Gasteiger partial charge in [-0.3, -0.25) is 4.72 Å². The lowest BCUT2D eigenvalue weighted by Crippen LogP contribution is -2.43. The minimum absolute atomic E-state index is 0.573. The molecule has 0 atom stereocenters. The Hall–Kier alpha value is -0.380. The summed E-state index contributed by atoms with van der Waals surface area (Å²) in [6, 6.07) is 7.37. The molecule has 2 N–H and O–H groups in total. The topological polar surface area (TPSA) is 61.4 Å². The predicted octanol–water partition coefficient (Wildman–Crippen LogP) is 1.88. The normalized spacial score (nSPS) is 18.1. The standard InChI is InChI=1S/C13H20IN3O2S/c1-15-10-11-5-7-17(8-6-11)20(18,19)16-13-4-2-3-12(14)9-13/h2-4,9,11,15-16H,5-8,10H2,1H3. The van der Waals surface area contributed by atoms with E-state index in [9.17, 15) is 8.42 Å². The van der Waals surface area contributed by atoms with Crippen molar-refractivity contribution in [3.05, 3.63) is 27.8 Å². The van der Waals surface area contributed by atoms with E-state index in [-0.39, 0.29) is 0 Å². The molecule has 5 nitrogen and oxygen atoms in total. The molecule has 0 spiro atoms. The Morgan fingerprint density at radius 1 is 1.35 bits per heavy atom. The molecule has 112 valence electrons. The highest BCUT2D eigenvalue weighted by molar-refractivity contribution is 14.1. The molecule has 0 saturated carbocycles. The molecule has 0 aliphatic carbocycles. The van der Waals surface area contributed by atoms with Crippen LogP contribution >= 0.6 is 22.6 Å². The molecular formula is C13H20IN3O2S. The van der Waals surface area contributed by atoms with Crippen molar-refractivity contribution >= 4 is 38.5 Å². The summed E-state index contributed by atoms with van der Waals surface area (Å²) in [7, 11) is -1.50. The van der Waals surface area contributed by atoms with E-state index < -0.39 is 10.2 Å². The average Bonchev–Trinajstić information content (AvgIpc) is 2.39. The molecule has 1 aromatic rings. The van der Waals surface area contributed by atoms with Gasteiger partial charge in [-0.2, -0.15) is 12.7 Å². The van der Waals surface area contributed by atoms with Crippen molar-refractivity contribution in [1.82, 2.24) is 9.62 Å². The smallest absolute Gasteiger partial charge is 0.301 e. The van der Waals surface area contributed by atoms with Crippen LogP contribution in [-0.4, -0.2) is 39.4 Å². The maximum Gasteiger partial charge on any atom is 0.301 e. The molecule has 7 heteroatoms. The highest BCUT2D eigenvalue weighted by atomic mass is 127. The minimum Gasteiger partial charge on any atom is -0.319 e. The van der Waals surface area contributed by atoms with E-state index >= 15 is 0 Å². The largest absolute Gasteiger partial charge is 0.319 e. The third kappa shape index (κ3) is 4.31. The second-order valence-corrected chi connectivity index (χ2v) is 7.93. The fourth-order valence-electron chi connectivity index (χ4n) is 2.41. The highest BCUT2D eigenvalue weighted by Gasteiger charge is 2.27. The van der Waals surface area contributed by atoms with Crippen LogP contribution in [-0.2, 0) is 10.2 Å². The molecule has 20 heavy (non-hydrogen) atoms. The molecule has 1 heterocycles. The first-order chi connectivity index (χ1) is 9.51. The van der Waals surface area contributed by atoms with Gasteiger partial charge in [-0.25, -0.2) is 0 Å². The van der Waals surface area contributed by atoms with Gasteiger partial charge in [0, 0.05) is 16.7 Å². The maximum atomic E-state index is 12.3. The Balaban J connectivity index is 1.98. The van der Waals surface area contributed by atoms with Gasteiger partial charge in [-0.15, -0.1) is 0 Å². The minimum atomic E-state index is -3.43. The first-order valence-corrected chi connectivity index (χ1v) is 9.21. The van der Waals surface area contributed by atoms with Gasteiger partial charge in [-0.1, -0.05) is 6.07 Å². The van der Waals surface area contributed by atoms with Crippen molar-refractivity contribution in [2.45, 2.75) is 12.8 Å². The fourth-order valence-corrected chi connectivity index (χ4v) is 4.20. The molecule has 1 aliphatic rings. The Kier molecular flexibility index (Phi) is 5.65. The Morgan fingerprint density at radius 3 is 2.65 bits per heavy atom. The summed E-state index contributed by atoms with van der Waals surface area (Å²) in [5, 5.41) is 3.15. The summed E-state index contributed by atoms with van der Waals surface area (Å²) in [6.45, 7) is 2.13. The van der Waals surface area contributed by atoms with Gasteiger partial charge >= 0.3 is 10.2 Å². The third-order valence-electron chi connectivity index (χ3n) is 3.48. The van der Waals surface area contributed by atoms with Crippen LogP contribution in [0.1, 0.15) is 12.8 Å². The summed E-state index contributed by atoms with van der Waals surface area (Å²) >= 11 is 2.17. The van der Waals surface area contributed by atoms with Gasteiger partial charge < -0.3 is 5.32 Å². The van der Waals surface area contributed by atoms with Crippen molar-refractivity contribution in [3.8, 4) is 0 Å². The molecule has 1 fully saturated rings. The Labute approximate surface area is 134 Å². The number of hydrogen-bond acceptors (Lipinski definition) is 3. The summed E-state index contributed by atoms with van der Waals surface area (Å²) in [4.78, 5) is 0. The summed E-state index contributed by atoms with van der Waals surface area (Å²) in [5.41, 5.74) is 0.620. The van der Waals surface area contributed by atoms with E-state index in [0.717, 1.165) is 23.0 Å². The molecule has 2 rings (SSSR count). The van der Waals surface area contributed by atoms with Crippen molar-refractivity contribution < 1.29 is 8.42 Å². The van der Waals surface area contributed by atoms with E-state index in [1.54, 1.807) is 10.4 Å². The van der Waals surface area contributed by atoms with E-state index in [4.69, 9.17) is 0 Å². The van der Waals surface area contributed by atoms with Gasteiger partial charge in [0.05, 0.1) is 5.69 Å². The lowest BCUT2D eigenvalue weighted by atomic mass is 9.98. The van der Waals surface area contributed by atoms with Gasteiger partial charge in [0.15, 0.2) is 0 Å². The van der Waals surface area contributed by atoms with E-state index in [1.807, 2.05) is 25.2 Å². The molecular weight excluding hydrogens is 389 g/mol. The van der Waals surface area contributed by atoms with E-state index in [2.05, 4.69) is 32.6 Å². The molecule has 0 radical (unpaired) electrons. The molecule has 0 bridgehead atoms. The molecule has 1 saturated heterocycles. The number of benzene rings is 1. The van der Waals surface area contributed by atoms with Crippen LogP contribution < -0.4 is 10.0 Å². The molecule has 1 aliphatic heterocycles. The number of halogens is 1. The second kappa shape index (κ2) is 7.06.